The van der Waals surface area contributed by atoms with Crippen molar-refractivity contribution in [3.63, 3.8) is 0 Å². The van der Waals surface area contributed by atoms with E-state index >= 15 is 0 Å². The van der Waals surface area contributed by atoms with Crippen molar-refractivity contribution in [2.45, 2.75) is 31.3 Å². The van der Waals surface area contributed by atoms with Crippen LogP contribution in [0.4, 0.5) is 0 Å². The van der Waals surface area contributed by atoms with E-state index in [2.05, 4.69) is 32.0 Å². The van der Waals surface area contributed by atoms with Crippen LogP contribution < -0.4 is 32.6 Å². The predicted molar refractivity (Wildman–Crippen MR) is 85.2 cm³/mol. The van der Waals surface area contributed by atoms with E-state index in [1.165, 1.54) is 0 Å². The number of nitriles is 1. The predicted octanol–water partition coefficient (Wildman–Crippen LogP) is -1.97. The summed E-state index contributed by atoms with van der Waals surface area (Å²) in [5.74, 6) is 0.619. The van der Waals surface area contributed by atoms with Crippen molar-refractivity contribution in [3.8, 4) is 6.07 Å². The highest BCUT2D eigenvalue weighted by molar-refractivity contribution is 6.00. The molecule has 9 heteroatoms. The summed E-state index contributed by atoms with van der Waals surface area (Å²) >= 11 is 0. The molecule has 22 heavy (non-hydrogen) atoms. The molecule has 1 saturated carbocycles. The third-order valence-electron chi connectivity index (χ3n) is 3.41. The number of nitrogens with zero attached hydrogens (tertiary/aromatic N) is 2. The number of hydrazone groups is 1. The van der Waals surface area contributed by atoms with Crippen molar-refractivity contribution in [1.82, 2.24) is 26.9 Å². The first-order valence-electron chi connectivity index (χ1n) is 7.21. The Balaban J connectivity index is 2.56. The molecule has 1 fully saturated rings. The fraction of sp³-hybridized carbons (Fsp3) is 0.692. The van der Waals surface area contributed by atoms with Crippen LogP contribution in [0.3, 0.4) is 0 Å². The van der Waals surface area contributed by atoms with Gasteiger partial charge in [0.05, 0.1) is 12.1 Å². The molecule has 124 valence electrons. The van der Waals surface area contributed by atoms with E-state index in [0.29, 0.717) is 12.4 Å². The van der Waals surface area contributed by atoms with E-state index in [1.807, 2.05) is 13.0 Å². The summed E-state index contributed by atoms with van der Waals surface area (Å²) in [5.41, 5.74) is 14.6. The zero-order valence-electron chi connectivity index (χ0n) is 13.3. The second-order valence-electron chi connectivity index (χ2n) is 5.32. The van der Waals surface area contributed by atoms with Crippen LogP contribution in [0.15, 0.2) is 16.5 Å². The molecule has 9 nitrogen and oxygen atoms in total. The standard InChI is InChI=1S/C13H26N8O/c1-9(7-18-21-13(8-22)4-5-13)19-12(16-2)10(6-14)11(15)20-17-3/h9,16-19,21-22H,4-5,7-8H2,1-3H3,(H2,15,20). The molecule has 0 amide bonds. The third-order valence-corrected chi connectivity index (χ3v) is 3.41. The molecule has 1 unspecified atom stereocenters. The number of hydrogen-bond acceptors (Lipinski definition) is 8. The fourth-order valence-electron chi connectivity index (χ4n) is 1.85. The van der Waals surface area contributed by atoms with Gasteiger partial charge in [0.25, 0.3) is 0 Å². The lowest BCUT2D eigenvalue weighted by Crippen LogP contribution is -2.50. The highest BCUT2D eigenvalue weighted by Gasteiger charge is 2.41. The lowest BCUT2D eigenvalue weighted by atomic mass is 10.2. The van der Waals surface area contributed by atoms with E-state index in [-0.39, 0.29) is 29.6 Å². The maximum Gasteiger partial charge on any atom is 0.164 e. The van der Waals surface area contributed by atoms with Gasteiger partial charge in [-0.2, -0.15) is 10.4 Å². The average molecular weight is 310 g/mol. The van der Waals surface area contributed by atoms with E-state index in [9.17, 15) is 10.4 Å². The fourth-order valence-corrected chi connectivity index (χ4v) is 1.85. The molecule has 0 radical (unpaired) electrons. The molecule has 1 rings (SSSR count). The topological polar surface area (TPSA) is 143 Å². The highest BCUT2D eigenvalue weighted by atomic mass is 16.3. The maximum atomic E-state index is 9.23. The Hall–Kier alpha value is -2.02. The number of aliphatic hydroxyl groups excluding tert-OH is 1. The Kier molecular flexibility index (Phi) is 6.91. The van der Waals surface area contributed by atoms with Gasteiger partial charge in [0, 0.05) is 26.7 Å². The zero-order valence-corrected chi connectivity index (χ0v) is 13.3. The van der Waals surface area contributed by atoms with Crippen molar-refractivity contribution < 1.29 is 5.11 Å². The van der Waals surface area contributed by atoms with Gasteiger partial charge in [-0.1, -0.05) is 0 Å². The third kappa shape index (κ3) is 5.07. The smallest absolute Gasteiger partial charge is 0.164 e. The minimum absolute atomic E-state index is 0.0233. The van der Waals surface area contributed by atoms with Crippen LogP contribution in [0, 0.1) is 11.3 Å². The Bertz CT molecular complexity index is 463. The van der Waals surface area contributed by atoms with Gasteiger partial charge in [0.2, 0.25) is 0 Å². The molecule has 0 aromatic rings. The Labute approximate surface area is 131 Å². The Morgan fingerprint density at radius 3 is 2.59 bits per heavy atom. The summed E-state index contributed by atoms with van der Waals surface area (Å²) < 4.78 is 0. The molecule has 0 heterocycles. The first-order chi connectivity index (χ1) is 10.5. The van der Waals surface area contributed by atoms with Crippen LogP contribution in [0.5, 0.6) is 0 Å². The monoisotopic (exact) mass is 310 g/mol. The van der Waals surface area contributed by atoms with E-state index in [4.69, 9.17) is 5.73 Å². The number of hydrogen-bond donors (Lipinski definition) is 7. The van der Waals surface area contributed by atoms with Crippen LogP contribution in [0.2, 0.25) is 0 Å². The minimum atomic E-state index is -0.164. The van der Waals surface area contributed by atoms with E-state index < -0.39 is 0 Å². The first-order valence-corrected chi connectivity index (χ1v) is 7.21. The van der Waals surface area contributed by atoms with Crippen molar-refractivity contribution in [2.24, 2.45) is 10.8 Å². The molecule has 0 aromatic heterocycles. The molecule has 1 aliphatic rings. The number of aliphatic hydroxyl groups is 1. The molecule has 0 aliphatic heterocycles. The zero-order chi connectivity index (χ0) is 16.6. The van der Waals surface area contributed by atoms with Gasteiger partial charge in [0.15, 0.2) is 5.84 Å². The van der Waals surface area contributed by atoms with Gasteiger partial charge in [0.1, 0.15) is 17.5 Å². The summed E-state index contributed by atoms with van der Waals surface area (Å²) in [6.45, 7) is 2.69. The maximum absolute atomic E-state index is 9.23. The lowest BCUT2D eigenvalue weighted by Gasteiger charge is -2.21. The molecule has 0 spiro atoms. The Morgan fingerprint density at radius 1 is 1.45 bits per heavy atom. The largest absolute Gasteiger partial charge is 0.394 e. The number of nitrogens with two attached hydrogens (primary N) is 1. The second kappa shape index (κ2) is 8.43. The van der Waals surface area contributed by atoms with Crippen molar-refractivity contribution in [3.05, 3.63) is 11.4 Å². The minimum Gasteiger partial charge on any atom is -0.394 e. The van der Waals surface area contributed by atoms with Gasteiger partial charge in [-0.3, -0.25) is 5.43 Å². The summed E-state index contributed by atoms with van der Waals surface area (Å²) in [5, 5.41) is 28.4. The molecule has 0 aromatic carbocycles. The highest BCUT2D eigenvalue weighted by Crippen LogP contribution is 2.33. The normalized spacial score (nSPS) is 18.8. The van der Waals surface area contributed by atoms with Gasteiger partial charge >= 0.3 is 0 Å². The first kappa shape index (κ1) is 18.0. The van der Waals surface area contributed by atoms with Gasteiger partial charge in [-0.05, 0) is 19.8 Å². The quantitative estimate of drug-likeness (QED) is 0.107. The lowest BCUT2D eigenvalue weighted by molar-refractivity contribution is 0.214. The van der Waals surface area contributed by atoms with Crippen LogP contribution in [0.25, 0.3) is 0 Å². The number of nitrogens with one attached hydrogen (secondary N) is 5. The average Bonchev–Trinajstić information content (AvgIpc) is 3.27. The van der Waals surface area contributed by atoms with Crippen molar-refractivity contribution in [1.29, 1.82) is 5.26 Å². The second-order valence-corrected chi connectivity index (χ2v) is 5.32. The summed E-state index contributed by atoms with van der Waals surface area (Å²) in [6, 6.07) is 2.06. The molecular formula is C13H26N8O. The van der Waals surface area contributed by atoms with Crippen LogP contribution in [-0.4, -0.2) is 49.8 Å². The summed E-state index contributed by atoms with van der Waals surface area (Å²) in [7, 11) is 3.32. The van der Waals surface area contributed by atoms with Gasteiger partial charge in [-0.15, -0.1) is 0 Å². The van der Waals surface area contributed by atoms with Gasteiger partial charge < -0.3 is 26.9 Å². The number of amidine groups is 1. The van der Waals surface area contributed by atoms with E-state index in [1.54, 1.807) is 14.1 Å². The molecule has 1 atom stereocenters. The number of hydrazine groups is 1. The van der Waals surface area contributed by atoms with Crippen LogP contribution in [-0.2, 0) is 0 Å². The van der Waals surface area contributed by atoms with E-state index in [0.717, 1.165) is 12.8 Å². The van der Waals surface area contributed by atoms with Crippen molar-refractivity contribution >= 4 is 5.84 Å². The summed E-state index contributed by atoms with van der Waals surface area (Å²) in [6.07, 6.45) is 1.94. The van der Waals surface area contributed by atoms with Gasteiger partial charge in [-0.25, -0.2) is 5.43 Å². The van der Waals surface area contributed by atoms with Crippen molar-refractivity contribution in [2.75, 3.05) is 27.2 Å². The molecule has 1 aliphatic carbocycles. The molecule has 8 N–H and O–H groups in total. The Morgan fingerprint density at radius 2 is 2.14 bits per heavy atom. The van der Waals surface area contributed by atoms with Crippen LogP contribution >= 0.6 is 0 Å². The molecule has 0 saturated heterocycles. The molecular weight excluding hydrogens is 284 g/mol. The molecule has 0 bridgehead atoms. The number of rotatable bonds is 10. The van der Waals surface area contributed by atoms with Crippen LogP contribution in [0.1, 0.15) is 19.8 Å². The SMILES string of the molecule is CNN=C(N)C(C#N)=C(NC)NC(C)CNNC1(CO)CC1. The summed E-state index contributed by atoms with van der Waals surface area (Å²) in [4.78, 5) is 0.